The monoisotopic (exact) mass is 390 g/mol. The summed E-state index contributed by atoms with van der Waals surface area (Å²) in [4.78, 5) is 23.3. The molecule has 1 atom stereocenters. The molecular weight excluding hydrogens is 368 g/mol. The summed E-state index contributed by atoms with van der Waals surface area (Å²) in [6.07, 6.45) is 2.16. The molecule has 1 aromatic heterocycles. The van der Waals surface area contributed by atoms with E-state index in [-0.39, 0.29) is 18.4 Å². The lowest BCUT2D eigenvalue weighted by molar-refractivity contribution is -0.120. The summed E-state index contributed by atoms with van der Waals surface area (Å²) in [6, 6.07) is 13.4. The molecule has 29 heavy (non-hydrogen) atoms. The summed E-state index contributed by atoms with van der Waals surface area (Å²) < 4.78 is 7.11. The molecule has 7 heteroatoms. The number of hydrogen-bond donors (Lipinski definition) is 2. The molecule has 0 radical (unpaired) electrons. The number of amides is 2. The van der Waals surface area contributed by atoms with Crippen LogP contribution in [0, 0.1) is 13.8 Å². The first-order valence-corrected chi connectivity index (χ1v) is 9.39. The lowest BCUT2D eigenvalue weighted by Gasteiger charge is -2.24. The standard InChI is InChI=1S/C22H22N4O3/c1-13-4-3-5-19(14(13)2)26-22-18(11-24-26)17(10-21(28)25-22)15-6-8-16(9-7-15)29-12-20(23)27/h3-9,11,17H,10,12H2,1-2H3,(H2,23,27)(H,25,28). The smallest absolute Gasteiger partial charge is 0.255 e. The van der Waals surface area contributed by atoms with Gasteiger partial charge in [0.25, 0.3) is 5.91 Å². The second-order valence-corrected chi connectivity index (χ2v) is 7.21. The van der Waals surface area contributed by atoms with Crippen LogP contribution in [0.2, 0.25) is 0 Å². The number of primary amides is 1. The first-order valence-electron chi connectivity index (χ1n) is 9.39. The summed E-state index contributed by atoms with van der Waals surface area (Å²) in [5.74, 6) is 0.570. The SMILES string of the molecule is Cc1cccc(-n2ncc3c2NC(=O)CC3c2ccc(OCC(N)=O)cc2)c1C. The number of rotatable bonds is 5. The fraction of sp³-hybridized carbons (Fsp3) is 0.227. The molecule has 2 aromatic carbocycles. The summed E-state index contributed by atoms with van der Waals surface area (Å²) in [7, 11) is 0. The van der Waals surface area contributed by atoms with Crippen molar-refractivity contribution in [2.45, 2.75) is 26.2 Å². The molecule has 2 amide bonds. The molecule has 0 bridgehead atoms. The molecule has 7 nitrogen and oxygen atoms in total. The molecule has 1 unspecified atom stereocenters. The van der Waals surface area contributed by atoms with E-state index >= 15 is 0 Å². The molecular formula is C22H22N4O3. The number of fused-ring (bicyclic) bond motifs is 1. The van der Waals surface area contributed by atoms with Gasteiger partial charge in [-0.3, -0.25) is 9.59 Å². The van der Waals surface area contributed by atoms with Gasteiger partial charge in [0, 0.05) is 17.9 Å². The second-order valence-electron chi connectivity index (χ2n) is 7.21. The maximum Gasteiger partial charge on any atom is 0.255 e. The molecule has 0 spiro atoms. The van der Waals surface area contributed by atoms with Crippen molar-refractivity contribution in [3.63, 3.8) is 0 Å². The van der Waals surface area contributed by atoms with Crippen LogP contribution in [0.4, 0.5) is 5.82 Å². The average Bonchev–Trinajstić information content (AvgIpc) is 3.12. The molecule has 0 fully saturated rings. The lowest BCUT2D eigenvalue weighted by Crippen LogP contribution is -2.24. The van der Waals surface area contributed by atoms with Crippen LogP contribution in [-0.4, -0.2) is 28.2 Å². The topological polar surface area (TPSA) is 99.2 Å². The Hall–Kier alpha value is -3.61. The predicted octanol–water partition coefficient (Wildman–Crippen LogP) is 2.83. The summed E-state index contributed by atoms with van der Waals surface area (Å²) in [6.45, 7) is 3.93. The highest BCUT2D eigenvalue weighted by atomic mass is 16.5. The normalized spacial score (nSPS) is 15.5. The number of ether oxygens (including phenoxy) is 1. The third kappa shape index (κ3) is 3.59. The molecule has 3 aromatic rings. The zero-order chi connectivity index (χ0) is 20.5. The first-order chi connectivity index (χ1) is 13.9. The third-order valence-corrected chi connectivity index (χ3v) is 5.29. The minimum atomic E-state index is -0.526. The van der Waals surface area contributed by atoms with Crippen LogP contribution in [0.3, 0.4) is 0 Å². The van der Waals surface area contributed by atoms with Crippen molar-refractivity contribution in [1.29, 1.82) is 0 Å². The van der Waals surface area contributed by atoms with Gasteiger partial charge in [-0.1, -0.05) is 24.3 Å². The van der Waals surface area contributed by atoms with Gasteiger partial charge in [-0.2, -0.15) is 5.10 Å². The van der Waals surface area contributed by atoms with Crippen LogP contribution in [-0.2, 0) is 9.59 Å². The number of hydrogen-bond acceptors (Lipinski definition) is 4. The van der Waals surface area contributed by atoms with Crippen molar-refractivity contribution in [3.8, 4) is 11.4 Å². The Morgan fingerprint density at radius 1 is 1.24 bits per heavy atom. The van der Waals surface area contributed by atoms with Gasteiger partial charge in [0.15, 0.2) is 6.61 Å². The van der Waals surface area contributed by atoms with Gasteiger partial charge >= 0.3 is 0 Å². The van der Waals surface area contributed by atoms with E-state index in [1.165, 1.54) is 0 Å². The number of nitrogens with two attached hydrogens (primary N) is 1. The number of carbonyl (C=O) groups excluding carboxylic acids is 2. The number of aromatic nitrogens is 2. The van der Waals surface area contributed by atoms with Crippen LogP contribution in [0.5, 0.6) is 5.75 Å². The van der Waals surface area contributed by atoms with E-state index in [4.69, 9.17) is 10.5 Å². The Bertz CT molecular complexity index is 1090. The van der Waals surface area contributed by atoms with E-state index in [1.54, 1.807) is 16.8 Å². The van der Waals surface area contributed by atoms with Crippen LogP contribution >= 0.6 is 0 Å². The number of nitrogens with zero attached hydrogens (tertiary/aromatic N) is 2. The molecule has 2 heterocycles. The van der Waals surface area contributed by atoms with E-state index in [0.29, 0.717) is 18.0 Å². The molecule has 4 rings (SSSR count). The zero-order valence-corrected chi connectivity index (χ0v) is 16.3. The van der Waals surface area contributed by atoms with Crippen molar-refractivity contribution in [3.05, 3.63) is 70.9 Å². The number of anilines is 1. The van der Waals surface area contributed by atoms with Crippen molar-refractivity contribution in [2.75, 3.05) is 11.9 Å². The molecule has 0 aliphatic carbocycles. The van der Waals surface area contributed by atoms with E-state index in [9.17, 15) is 9.59 Å². The predicted molar refractivity (Wildman–Crippen MR) is 109 cm³/mol. The zero-order valence-electron chi connectivity index (χ0n) is 16.3. The van der Waals surface area contributed by atoms with Gasteiger partial charge in [-0.25, -0.2) is 4.68 Å². The minimum absolute atomic E-state index is 0.0522. The fourth-order valence-corrected chi connectivity index (χ4v) is 3.62. The quantitative estimate of drug-likeness (QED) is 0.700. The number of benzene rings is 2. The molecule has 3 N–H and O–H groups in total. The molecule has 0 saturated heterocycles. The Morgan fingerprint density at radius 2 is 2.00 bits per heavy atom. The highest BCUT2D eigenvalue weighted by molar-refractivity contribution is 5.94. The van der Waals surface area contributed by atoms with Gasteiger partial charge in [0.1, 0.15) is 11.6 Å². The van der Waals surface area contributed by atoms with E-state index in [2.05, 4.69) is 23.4 Å². The Kier molecular flexibility index (Phi) is 4.80. The Balaban J connectivity index is 1.69. The maximum absolute atomic E-state index is 12.5. The van der Waals surface area contributed by atoms with Crippen molar-refractivity contribution >= 4 is 17.6 Å². The van der Waals surface area contributed by atoms with Crippen molar-refractivity contribution in [2.24, 2.45) is 5.73 Å². The van der Waals surface area contributed by atoms with Gasteiger partial charge in [-0.15, -0.1) is 0 Å². The van der Waals surface area contributed by atoms with E-state index < -0.39 is 5.91 Å². The van der Waals surface area contributed by atoms with Gasteiger partial charge in [0.2, 0.25) is 5.91 Å². The van der Waals surface area contributed by atoms with E-state index in [0.717, 1.165) is 27.9 Å². The summed E-state index contributed by atoms with van der Waals surface area (Å²) >= 11 is 0. The number of aryl methyl sites for hydroxylation is 1. The van der Waals surface area contributed by atoms with Crippen LogP contribution in [0.25, 0.3) is 5.69 Å². The van der Waals surface area contributed by atoms with Gasteiger partial charge < -0.3 is 15.8 Å². The maximum atomic E-state index is 12.5. The molecule has 1 aliphatic heterocycles. The Morgan fingerprint density at radius 3 is 2.72 bits per heavy atom. The number of nitrogens with one attached hydrogen (secondary N) is 1. The minimum Gasteiger partial charge on any atom is -0.484 e. The second kappa shape index (κ2) is 7.43. The molecule has 1 aliphatic rings. The summed E-state index contributed by atoms with van der Waals surface area (Å²) in [5.41, 5.74) is 10.3. The van der Waals surface area contributed by atoms with Crippen LogP contribution in [0.15, 0.2) is 48.7 Å². The molecule has 0 saturated carbocycles. The fourth-order valence-electron chi connectivity index (χ4n) is 3.62. The summed E-state index contributed by atoms with van der Waals surface area (Å²) in [5, 5.41) is 7.56. The van der Waals surface area contributed by atoms with Gasteiger partial charge in [0.05, 0.1) is 11.9 Å². The first kappa shape index (κ1) is 18.7. The highest BCUT2D eigenvalue weighted by Crippen LogP contribution is 2.38. The van der Waals surface area contributed by atoms with E-state index in [1.807, 2.05) is 37.4 Å². The van der Waals surface area contributed by atoms with Crippen molar-refractivity contribution < 1.29 is 14.3 Å². The lowest BCUT2D eigenvalue weighted by atomic mass is 9.87. The van der Waals surface area contributed by atoms with Gasteiger partial charge in [-0.05, 0) is 48.7 Å². The van der Waals surface area contributed by atoms with Crippen LogP contribution < -0.4 is 15.8 Å². The van der Waals surface area contributed by atoms with Crippen molar-refractivity contribution in [1.82, 2.24) is 9.78 Å². The third-order valence-electron chi connectivity index (χ3n) is 5.29. The average molecular weight is 390 g/mol. The molecule has 148 valence electrons. The Labute approximate surface area is 168 Å². The van der Waals surface area contributed by atoms with Crippen LogP contribution in [0.1, 0.15) is 34.6 Å². The highest BCUT2D eigenvalue weighted by Gasteiger charge is 2.30. The largest absolute Gasteiger partial charge is 0.484 e. The number of carbonyl (C=O) groups is 2.